The summed E-state index contributed by atoms with van der Waals surface area (Å²) >= 11 is 3.28. The standard InChI is InChI=1S/C11H13BrFNO/c1-8(15)6-14(2)7-9-5-10(12)3-4-11(9)13/h3-5H,6-7H2,1-2H3. The lowest BCUT2D eigenvalue weighted by Crippen LogP contribution is -2.24. The highest BCUT2D eigenvalue weighted by atomic mass is 79.9. The Morgan fingerprint density at radius 2 is 2.20 bits per heavy atom. The normalized spacial score (nSPS) is 10.7. The Bertz CT molecular complexity index is 368. The van der Waals surface area contributed by atoms with Crippen LogP contribution in [0.25, 0.3) is 0 Å². The van der Waals surface area contributed by atoms with Gasteiger partial charge in [-0.3, -0.25) is 9.69 Å². The van der Waals surface area contributed by atoms with Crippen LogP contribution in [0.4, 0.5) is 4.39 Å². The first-order valence-electron chi connectivity index (χ1n) is 4.61. The van der Waals surface area contributed by atoms with E-state index in [1.165, 1.54) is 13.0 Å². The number of halogens is 2. The van der Waals surface area contributed by atoms with E-state index in [1.807, 2.05) is 0 Å². The molecule has 0 aliphatic carbocycles. The molecule has 15 heavy (non-hydrogen) atoms. The van der Waals surface area contributed by atoms with Gasteiger partial charge in [-0.05, 0) is 32.2 Å². The monoisotopic (exact) mass is 273 g/mol. The Labute approximate surface area is 97.2 Å². The first-order chi connectivity index (χ1) is 6.99. The van der Waals surface area contributed by atoms with Crippen LogP contribution in [0.2, 0.25) is 0 Å². The molecule has 0 bridgehead atoms. The molecule has 1 rings (SSSR count). The van der Waals surface area contributed by atoms with Gasteiger partial charge < -0.3 is 0 Å². The van der Waals surface area contributed by atoms with E-state index < -0.39 is 0 Å². The van der Waals surface area contributed by atoms with Gasteiger partial charge in [-0.25, -0.2) is 4.39 Å². The second-order valence-corrected chi connectivity index (χ2v) is 4.53. The molecular formula is C11H13BrFNO. The van der Waals surface area contributed by atoms with Gasteiger partial charge in [-0.15, -0.1) is 0 Å². The van der Waals surface area contributed by atoms with Crippen molar-refractivity contribution in [3.8, 4) is 0 Å². The molecule has 0 saturated carbocycles. The highest BCUT2D eigenvalue weighted by Gasteiger charge is 2.07. The number of Topliss-reactive ketones (excluding diaryl/α,β-unsaturated/α-hetero) is 1. The minimum atomic E-state index is -0.242. The molecule has 0 heterocycles. The molecule has 0 fully saturated rings. The van der Waals surface area contributed by atoms with Crippen LogP contribution in [0, 0.1) is 5.82 Å². The van der Waals surface area contributed by atoms with Crippen LogP contribution in [0.3, 0.4) is 0 Å². The average molecular weight is 274 g/mol. The summed E-state index contributed by atoms with van der Waals surface area (Å²) in [7, 11) is 1.79. The number of nitrogens with zero attached hydrogens (tertiary/aromatic N) is 1. The van der Waals surface area contributed by atoms with Crippen molar-refractivity contribution in [1.82, 2.24) is 4.90 Å². The third kappa shape index (κ3) is 4.10. The highest BCUT2D eigenvalue weighted by Crippen LogP contribution is 2.16. The van der Waals surface area contributed by atoms with E-state index in [2.05, 4.69) is 15.9 Å². The summed E-state index contributed by atoms with van der Waals surface area (Å²) in [6, 6.07) is 4.80. The van der Waals surface area contributed by atoms with Crippen molar-refractivity contribution >= 4 is 21.7 Å². The van der Waals surface area contributed by atoms with E-state index in [9.17, 15) is 9.18 Å². The Kier molecular flexibility index (Phi) is 4.42. The van der Waals surface area contributed by atoms with Gasteiger partial charge in [0, 0.05) is 16.6 Å². The summed E-state index contributed by atoms with van der Waals surface area (Å²) in [4.78, 5) is 12.6. The van der Waals surface area contributed by atoms with E-state index >= 15 is 0 Å². The van der Waals surface area contributed by atoms with Crippen LogP contribution in [0.5, 0.6) is 0 Å². The predicted octanol–water partition coefficient (Wildman–Crippen LogP) is 2.61. The van der Waals surface area contributed by atoms with Crippen molar-refractivity contribution in [2.75, 3.05) is 13.6 Å². The molecule has 0 spiro atoms. The largest absolute Gasteiger partial charge is 0.299 e. The minimum absolute atomic E-state index is 0.0768. The predicted molar refractivity (Wildman–Crippen MR) is 61.1 cm³/mol. The maximum atomic E-state index is 13.3. The van der Waals surface area contributed by atoms with Gasteiger partial charge in [0.2, 0.25) is 0 Å². The first-order valence-corrected chi connectivity index (χ1v) is 5.40. The topological polar surface area (TPSA) is 20.3 Å². The number of carbonyl (C=O) groups is 1. The molecule has 4 heteroatoms. The molecule has 0 radical (unpaired) electrons. The van der Waals surface area contributed by atoms with E-state index in [4.69, 9.17) is 0 Å². The number of likely N-dealkylation sites (N-methyl/N-ethyl adjacent to an activating group) is 1. The minimum Gasteiger partial charge on any atom is -0.299 e. The number of benzene rings is 1. The van der Waals surface area contributed by atoms with E-state index in [1.54, 1.807) is 24.1 Å². The second-order valence-electron chi connectivity index (χ2n) is 3.61. The van der Waals surface area contributed by atoms with Crippen molar-refractivity contribution in [3.05, 3.63) is 34.1 Å². The van der Waals surface area contributed by atoms with Crippen LogP contribution in [-0.4, -0.2) is 24.3 Å². The van der Waals surface area contributed by atoms with Gasteiger partial charge in [-0.1, -0.05) is 15.9 Å². The van der Waals surface area contributed by atoms with E-state index in [-0.39, 0.29) is 11.6 Å². The van der Waals surface area contributed by atoms with Gasteiger partial charge in [0.05, 0.1) is 6.54 Å². The van der Waals surface area contributed by atoms with Crippen molar-refractivity contribution < 1.29 is 9.18 Å². The molecule has 0 saturated heterocycles. The molecule has 0 aliphatic rings. The number of ketones is 1. The fraction of sp³-hybridized carbons (Fsp3) is 0.364. The molecule has 0 aromatic heterocycles. The van der Waals surface area contributed by atoms with Crippen LogP contribution in [0.1, 0.15) is 12.5 Å². The summed E-state index contributed by atoms with van der Waals surface area (Å²) < 4.78 is 14.2. The number of carbonyl (C=O) groups excluding carboxylic acids is 1. The fourth-order valence-corrected chi connectivity index (χ4v) is 1.80. The quantitative estimate of drug-likeness (QED) is 0.841. The lowest BCUT2D eigenvalue weighted by Gasteiger charge is -2.15. The van der Waals surface area contributed by atoms with Crippen LogP contribution < -0.4 is 0 Å². The molecule has 1 aromatic rings. The fourth-order valence-electron chi connectivity index (χ4n) is 1.39. The first kappa shape index (κ1) is 12.3. The zero-order valence-corrected chi connectivity index (χ0v) is 10.3. The Balaban J connectivity index is 2.71. The van der Waals surface area contributed by atoms with Crippen LogP contribution in [-0.2, 0) is 11.3 Å². The third-order valence-corrected chi connectivity index (χ3v) is 2.43. The molecule has 1 aromatic carbocycles. The van der Waals surface area contributed by atoms with Crippen molar-refractivity contribution in [1.29, 1.82) is 0 Å². The number of hydrogen-bond donors (Lipinski definition) is 0. The van der Waals surface area contributed by atoms with Gasteiger partial charge in [0.1, 0.15) is 11.6 Å². The lowest BCUT2D eigenvalue weighted by atomic mass is 10.2. The molecule has 0 N–H and O–H groups in total. The SMILES string of the molecule is CC(=O)CN(C)Cc1cc(Br)ccc1F. The van der Waals surface area contributed by atoms with Gasteiger partial charge in [0.25, 0.3) is 0 Å². The molecule has 0 amide bonds. The Hall–Kier alpha value is -0.740. The summed E-state index contributed by atoms with van der Waals surface area (Å²) in [5.41, 5.74) is 0.591. The van der Waals surface area contributed by atoms with Gasteiger partial charge >= 0.3 is 0 Å². The number of rotatable bonds is 4. The summed E-state index contributed by atoms with van der Waals surface area (Å²) in [6.45, 7) is 2.30. The highest BCUT2D eigenvalue weighted by molar-refractivity contribution is 9.10. The summed E-state index contributed by atoms with van der Waals surface area (Å²) in [5.74, 6) is -0.165. The summed E-state index contributed by atoms with van der Waals surface area (Å²) in [5, 5.41) is 0. The Morgan fingerprint density at radius 1 is 1.53 bits per heavy atom. The molecule has 0 atom stereocenters. The zero-order chi connectivity index (χ0) is 11.4. The molecule has 82 valence electrons. The summed E-state index contributed by atoms with van der Waals surface area (Å²) in [6.07, 6.45) is 0. The maximum absolute atomic E-state index is 13.3. The average Bonchev–Trinajstić information content (AvgIpc) is 2.10. The molecule has 2 nitrogen and oxygen atoms in total. The van der Waals surface area contributed by atoms with Gasteiger partial charge in [0.15, 0.2) is 0 Å². The smallest absolute Gasteiger partial charge is 0.143 e. The molecule has 0 aliphatic heterocycles. The van der Waals surface area contributed by atoms with Crippen molar-refractivity contribution in [2.24, 2.45) is 0 Å². The lowest BCUT2D eigenvalue weighted by molar-refractivity contribution is -0.117. The third-order valence-electron chi connectivity index (χ3n) is 1.94. The zero-order valence-electron chi connectivity index (χ0n) is 8.76. The van der Waals surface area contributed by atoms with Crippen LogP contribution in [0.15, 0.2) is 22.7 Å². The van der Waals surface area contributed by atoms with Gasteiger partial charge in [-0.2, -0.15) is 0 Å². The Morgan fingerprint density at radius 3 is 2.80 bits per heavy atom. The van der Waals surface area contributed by atoms with E-state index in [0.29, 0.717) is 18.7 Å². The van der Waals surface area contributed by atoms with Crippen molar-refractivity contribution in [3.63, 3.8) is 0 Å². The maximum Gasteiger partial charge on any atom is 0.143 e. The molecule has 0 unspecified atom stereocenters. The van der Waals surface area contributed by atoms with Crippen molar-refractivity contribution in [2.45, 2.75) is 13.5 Å². The van der Waals surface area contributed by atoms with E-state index in [0.717, 1.165) is 4.47 Å². The van der Waals surface area contributed by atoms with Crippen LogP contribution >= 0.6 is 15.9 Å². The molecular weight excluding hydrogens is 261 g/mol. The number of hydrogen-bond acceptors (Lipinski definition) is 2. The second kappa shape index (κ2) is 5.37.